The fraction of sp³-hybridized carbons (Fsp3) is 0.190. The third-order valence-electron chi connectivity index (χ3n) is 4.52. The summed E-state index contributed by atoms with van der Waals surface area (Å²) in [4.78, 5) is 35.4. The number of esters is 1. The largest absolute Gasteiger partial charge is 0.465 e. The van der Waals surface area contributed by atoms with E-state index >= 15 is 0 Å². The summed E-state index contributed by atoms with van der Waals surface area (Å²) in [7, 11) is 3.20. The molecule has 0 saturated carbocycles. The maximum Gasteiger partial charge on any atom is 0.337 e. The van der Waals surface area contributed by atoms with E-state index in [1.807, 2.05) is 36.0 Å². The minimum atomic E-state index is -0.948. The molecule has 3 aromatic rings. The summed E-state index contributed by atoms with van der Waals surface area (Å²) < 4.78 is 6.56. The number of carbonyl (C=O) groups excluding carboxylic acids is 3. The number of aryl methyl sites for hydroxylation is 1. The van der Waals surface area contributed by atoms with E-state index in [0.29, 0.717) is 16.8 Å². The zero-order valence-electron chi connectivity index (χ0n) is 16.0. The number of anilines is 1. The van der Waals surface area contributed by atoms with Crippen LogP contribution in [0.5, 0.6) is 0 Å². The van der Waals surface area contributed by atoms with Crippen LogP contribution in [0.1, 0.15) is 22.0 Å². The third-order valence-corrected chi connectivity index (χ3v) is 4.52. The summed E-state index contributed by atoms with van der Waals surface area (Å²) in [5.74, 6) is -2.24. The van der Waals surface area contributed by atoms with Gasteiger partial charge in [0.05, 0.1) is 18.8 Å². The number of methoxy groups -OCH3 is 1. The summed E-state index contributed by atoms with van der Waals surface area (Å²) in [6, 6.07) is 13.4. The van der Waals surface area contributed by atoms with Gasteiger partial charge in [0.1, 0.15) is 0 Å². The first-order chi connectivity index (χ1) is 13.9. The van der Waals surface area contributed by atoms with Gasteiger partial charge in [-0.25, -0.2) is 4.79 Å². The Morgan fingerprint density at radius 1 is 1.07 bits per heavy atom. The molecular weight excluding hydrogens is 374 g/mol. The van der Waals surface area contributed by atoms with Gasteiger partial charge in [-0.15, -0.1) is 0 Å². The monoisotopic (exact) mass is 395 g/mol. The van der Waals surface area contributed by atoms with Crippen molar-refractivity contribution in [3.05, 3.63) is 65.9 Å². The topological polar surface area (TPSA) is 110 Å². The van der Waals surface area contributed by atoms with Gasteiger partial charge in [0, 0.05) is 31.0 Å². The van der Waals surface area contributed by atoms with E-state index in [-0.39, 0.29) is 6.54 Å². The Bertz CT molecular complexity index is 1060. The average molecular weight is 395 g/mol. The van der Waals surface area contributed by atoms with Crippen LogP contribution in [0.2, 0.25) is 0 Å². The van der Waals surface area contributed by atoms with Gasteiger partial charge >= 0.3 is 17.8 Å². The highest BCUT2D eigenvalue weighted by Gasteiger charge is 2.17. The first kappa shape index (κ1) is 20.1. The molecule has 2 amide bonds. The van der Waals surface area contributed by atoms with Gasteiger partial charge in [0.25, 0.3) is 0 Å². The molecule has 0 bridgehead atoms. The van der Waals surface area contributed by atoms with Crippen molar-refractivity contribution >= 4 is 34.4 Å². The Morgan fingerprint density at radius 2 is 1.79 bits per heavy atom. The second-order valence-corrected chi connectivity index (χ2v) is 6.49. The predicted octanol–water partition coefficient (Wildman–Crippen LogP) is 1.75. The van der Waals surface area contributed by atoms with Gasteiger partial charge in [-0.2, -0.15) is 0 Å². The van der Waals surface area contributed by atoms with Crippen molar-refractivity contribution in [1.82, 2.24) is 9.88 Å². The van der Waals surface area contributed by atoms with E-state index in [9.17, 15) is 19.5 Å². The number of aromatic nitrogens is 1. The quantitative estimate of drug-likeness (QED) is 0.450. The predicted molar refractivity (Wildman–Crippen MR) is 107 cm³/mol. The lowest BCUT2D eigenvalue weighted by Crippen LogP contribution is -2.37. The molecule has 0 unspecified atom stereocenters. The van der Waals surface area contributed by atoms with E-state index in [0.717, 1.165) is 10.9 Å². The highest BCUT2D eigenvalue weighted by atomic mass is 16.5. The summed E-state index contributed by atoms with van der Waals surface area (Å²) in [5, 5.41) is 16.1. The number of benzene rings is 2. The molecule has 1 atom stereocenters. The van der Waals surface area contributed by atoms with E-state index in [4.69, 9.17) is 0 Å². The Labute approximate surface area is 167 Å². The second-order valence-electron chi connectivity index (χ2n) is 6.49. The van der Waals surface area contributed by atoms with Gasteiger partial charge in [0.15, 0.2) is 0 Å². The first-order valence-electron chi connectivity index (χ1n) is 8.89. The third kappa shape index (κ3) is 4.61. The van der Waals surface area contributed by atoms with Crippen molar-refractivity contribution in [3.8, 4) is 0 Å². The van der Waals surface area contributed by atoms with Gasteiger partial charge in [-0.05, 0) is 53.4 Å². The number of aliphatic hydroxyl groups is 1. The van der Waals surface area contributed by atoms with Gasteiger partial charge < -0.3 is 25.0 Å². The molecule has 8 nitrogen and oxygen atoms in total. The summed E-state index contributed by atoms with van der Waals surface area (Å²) in [5.41, 5.74) is 2.35. The summed E-state index contributed by atoms with van der Waals surface area (Å²) in [6.07, 6.45) is 0.973. The average Bonchev–Trinajstić information content (AvgIpc) is 3.11. The van der Waals surface area contributed by atoms with Crippen molar-refractivity contribution in [2.75, 3.05) is 19.0 Å². The highest BCUT2D eigenvalue weighted by molar-refractivity contribution is 6.39. The van der Waals surface area contributed by atoms with Crippen LogP contribution >= 0.6 is 0 Å². The normalized spacial score (nSPS) is 11.7. The SMILES string of the molecule is COC(=O)c1ccc(NC(=O)C(=O)NC[C@@H](O)c2ccc3c(ccn3C)c2)cc1. The van der Waals surface area contributed by atoms with Crippen LogP contribution in [0.4, 0.5) is 5.69 Å². The Kier molecular flexibility index (Phi) is 5.94. The fourth-order valence-electron chi connectivity index (χ4n) is 2.89. The van der Waals surface area contributed by atoms with Crippen molar-refractivity contribution in [2.45, 2.75) is 6.10 Å². The molecule has 3 N–H and O–H groups in total. The molecule has 0 saturated heterocycles. The maximum atomic E-state index is 12.0. The molecule has 8 heteroatoms. The van der Waals surface area contributed by atoms with Crippen molar-refractivity contribution in [1.29, 1.82) is 0 Å². The van der Waals surface area contributed by atoms with Crippen molar-refractivity contribution < 1.29 is 24.2 Å². The minimum Gasteiger partial charge on any atom is -0.465 e. The van der Waals surface area contributed by atoms with E-state index in [1.54, 1.807) is 6.07 Å². The molecule has 1 heterocycles. The molecule has 0 aliphatic rings. The lowest BCUT2D eigenvalue weighted by Gasteiger charge is -2.13. The standard InChI is InChI=1S/C21H21N3O5/c1-24-10-9-14-11-15(5-8-17(14)24)18(25)12-22-19(26)20(27)23-16-6-3-13(4-7-16)21(28)29-2/h3-11,18,25H,12H2,1-2H3,(H,22,26)(H,23,27)/t18-/m1/s1. The van der Waals surface area contributed by atoms with E-state index < -0.39 is 23.9 Å². The van der Waals surface area contributed by atoms with Crippen LogP contribution in [-0.2, 0) is 21.4 Å². The molecule has 3 rings (SSSR count). The number of aliphatic hydroxyl groups excluding tert-OH is 1. The number of nitrogens with one attached hydrogen (secondary N) is 2. The molecule has 0 spiro atoms. The number of rotatable bonds is 5. The number of nitrogens with zero attached hydrogens (tertiary/aromatic N) is 1. The highest BCUT2D eigenvalue weighted by Crippen LogP contribution is 2.20. The molecule has 1 aromatic heterocycles. The molecule has 2 aromatic carbocycles. The fourth-order valence-corrected chi connectivity index (χ4v) is 2.89. The zero-order chi connectivity index (χ0) is 21.0. The number of ether oxygens (including phenoxy) is 1. The zero-order valence-corrected chi connectivity index (χ0v) is 16.0. The molecule has 29 heavy (non-hydrogen) atoms. The summed E-state index contributed by atoms with van der Waals surface area (Å²) >= 11 is 0. The van der Waals surface area contributed by atoms with Crippen LogP contribution in [0.15, 0.2) is 54.7 Å². The van der Waals surface area contributed by atoms with Crippen LogP contribution in [0.3, 0.4) is 0 Å². The first-order valence-corrected chi connectivity index (χ1v) is 8.89. The second kappa shape index (κ2) is 8.57. The number of amides is 2. The molecular formula is C21H21N3O5. The number of fused-ring (bicyclic) bond motifs is 1. The van der Waals surface area contributed by atoms with E-state index in [1.165, 1.54) is 31.4 Å². The van der Waals surface area contributed by atoms with Crippen LogP contribution in [-0.4, -0.2) is 41.1 Å². The summed E-state index contributed by atoms with van der Waals surface area (Å²) in [6.45, 7) is -0.105. The lowest BCUT2D eigenvalue weighted by atomic mass is 10.1. The lowest BCUT2D eigenvalue weighted by molar-refractivity contribution is -0.136. The van der Waals surface area contributed by atoms with Crippen molar-refractivity contribution in [3.63, 3.8) is 0 Å². The molecule has 150 valence electrons. The van der Waals surface area contributed by atoms with Crippen LogP contribution in [0, 0.1) is 0 Å². The Balaban J connectivity index is 1.54. The molecule has 0 radical (unpaired) electrons. The van der Waals surface area contributed by atoms with Gasteiger partial charge in [-0.3, -0.25) is 9.59 Å². The smallest absolute Gasteiger partial charge is 0.337 e. The molecule has 0 aliphatic heterocycles. The van der Waals surface area contributed by atoms with E-state index in [2.05, 4.69) is 15.4 Å². The molecule has 0 aliphatic carbocycles. The van der Waals surface area contributed by atoms with Crippen LogP contribution < -0.4 is 10.6 Å². The van der Waals surface area contributed by atoms with Crippen molar-refractivity contribution in [2.24, 2.45) is 7.05 Å². The number of carbonyl (C=O) groups is 3. The molecule has 0 fully saturated rings. The van der Waals surface area contributed by atoms with Gasteiger partial charge in [0.2, 0.25) is 0 Å². The number of hydrogen-bond acceptors (Lipinski definition) is 5. The Hall–Kier alpha value is -3.65. The number of hydrogen-bond donors (Lipinski definition) is 3. The van der Waals surface area contributed by atoms with Crippen LogP contribution in [0.25, 0.3) is 10.9 Å². The maximum absolute atomic E-state index is 12.0. The Morgan fingerprint density at radius 3 is 2.48 bits per heavy atom. The van der Waals surface area contributed by atoms with Gasteiger partial charge in [-0.1, -0.05) is 6.07 Å². The minimum absolute atomic E-state index is 0.105.